The standard InChI is InChI=1S/C13H10ClFIN/c14-10-4-9(5-11(15)6-10)8-17-13-3-1-2-12(16)7-13/h1-7,17H,8H2. The molecule has 0 aliphatic rings. The molecule has 0 saturated carbocycles. The van der Waals surface area contributed by atoms with Gasteiger partial charge >= 0.3 is 0 Å². The van der Waals surface area contributed by atoms with Crippen LogP contribution in [-0.4, -0.2) is 0 Å². The van der Waals surface area contributed by atoms with E-state index in [9.17, 15) is 4.39 Å². The Labute approximate surface area is 118 Å². The van der Waals surface area contributed by atoms with Gasteiger partial charge in [-0.1, -0.05) is 17.7 Å². The van der Waals surface area contributed by atoms with Crippen LogP contribution in [0.1, 0.15) is 5.56 Å². The predicted molar refractivity (Wildman–Crippen MR) is 77.9 cm³/mol. The van der Waals surface area contributed by atoms with Crippen LogP contribution in [0.3, 0.4) is 0 Å². The molecule has 0 aliphatic carbocycles. The van der Waals surface area contributed by atoms with Gasteiger partial charge in [0, 0.05) is 20.8 Å². The highest BCUT2D eigenvalue weighted by molar-refractivity contribution is 14.1. The van der Waals surface area contributed by atoms with Crippen LogP contribution in [-0.2, 0) is 6.54 Å². The fourth-order valence-electron chi connectivity index (χ4n) is 1.52. The molecule has 0 unspecified atom stereocenters. The lowest BCUT2D eigenvalue weighted by atomic mass is 10.2. The summed E-state index contributed by atoms with van der Waals surface area (Å²) in [7, 11) is 0. The van der Waals surface area contributed by atoms with Gasteiger partial charge in [0.25, 0.3) is 0 Å². The van der Waals surface area contributed by atoms with E-state index in [-0.39, 0.29) is 5.82 Å². The number of benzene rings is 2. The van der Waals surface area contributed by atoms with Crippen LogP contribution in [0.15, 0.2) is 42.5 Å². The van der Waals surface area contributed by atoms with Gasteiger partial charge in [0.1, 0.15) is 5.82 Å². The average Bonchev–Trinajstić information content (AvgIpc) is 2.25. The van der Waals surface area contributed by atoms with Crippen LogP contribution >= 0.6 is 34.2 Å². The van der Waals surface area contributed by atoms with Crippen LogP contribution in [0, 0.1) is 9.39 Å². The molecule has 0 bridgehead atoms. The lowest BCUT2D eigenvalue weighted by molar-refractivity contribution is 0.626. The normalized spacial score (nSPS) is 10.3. The average molecular weight is 362 g/mol. The van der Waals surface area contributed by atoms with Gasteiger partial charge < -0.3 is 5.32 Å². The highest BCUT2D eigenvalue weighted by Crippen LogP contribution is 2.17. The predicted octanol–water partition coefficient (Wildman–Crippen LogP) is 4.70. The molecule has 4 heteroatoms. The van der Waals surface area contributed by atoms with Crippen molar-refractivity contribution in [2.24, 2.45) is 0 Å². The summed E-state index contributed by atoms with van der Waals surface area (Å²) in [5.41, 5.74) is 1.84. The molecular weight excluding hydrogens is 352 g/mol. The third-order valence-corrected chi connectivity index (χ3v) is 3.13. The molecular formula is C13H10ClFIN. The summed E-state index contributed by atoms with van der Waals surface area (Å²) in [5.74, 6) is -0.308. The summed E-state index contributed by atoms with van der Waals surface area (Å²) in [5, 5.41) is 3.65. The van der Waals surface area contributed by atoms with Crippen molar-refractivity contribution < 1.29 is 4.39 Å². The van der Waals surface area contributed by atoms with Crippen molar-refractivity contribution in [1.82, 2.24) is 0 Å². The highest BCUT2D eigenvalue weighted by Gasteiger charge is 1.99. The van der Waals surface area contributed by atoms with Crippen molar-refractivity contribution >= 4 is 39.9 Å². The SMILES string of the molecule is Fc1cc(Cl)cc(CNc2cccc(I)c2)c1. The molecule has 0 fully saturated rings. The maximum absolute atomic E-state index is 13.1. The quantitative estimate of drug-likeness (QED) is 0.782. The maximum atomic E-state index is 13.1. The summed E-state index contributed by atoms with van der Waals surface area (Å²) in [6.07, 6.45) is 0. The Kier molecular flexibility index (Phi) is 4.23. The molecule has 2 aromatic rings. The maximum Gasteiger partial charge on any atom is 0.125 e. The van der Waals surface area contributed by atoms with Crippen molar-refractivity contribution in [1.29, 1.82) is 0 Å². The largest absolute Gasteiger partial charge is 0.381 e. The molecule has 88 valence electrons. The van der Waals surface area contributed by atoms with Crippen LogP contribution in [0.4, 0.5) is 10.1 Å². The van der Waals surface area contributed by atoms with Crippen molar-refractivity contribution in [3.8, 4) is 0 Å². The van der Waals surface area contributed by atoms with Gasteiger partial charge in [-0.05, 0) is 64.6 Å². The number of rotatable bonds is 3. The van der Waals surface area contributed by atoms with Crippen molar-refractivity contribution in [3.05, 3.63) is 62.4 Å². The third-order valence-electron chi connectivity index (χ3n) is 2.24. The van der Waals surface area contributed by atoms with Crippen molar-refractivity contribution in [2.45, 2.75) is 6.54 Å². The fourth-order valence-corrected chi connectivity index (χ4v) is 2.30. The Balaban J connectivity index is 2.07. The molecule has 2 rings (SSSR count). The molecule has 2 aromatic carbocycles. The molecule has 0 aromatic heterocycles. The van der Waals surface area contributed by atoms with Crippen LogP contribution in [0.2, 0.25) is 5.02 Å². The molecule has 17 heavy (non-hydrogen) atoms. The summed E-state index contributed by atoms with van der Waals surface area (Å²) < 4.78 is 14.3. The first kappa shape index (κ1) is 12.6. The fraction of sp³-hybridized carbons (Fsp3) is 0.0769. The molecule has 0 saturated heterocycles. The Bertz CT molecular complexity index is 510. The van der Waals surface area contributed by atoms with E-state index in [2.05, 4.69) is 27.9 Å². The second kappa shape index (κ2) is 5.69. The van der Waals surface area contributed by atoms with Crippen molar-refractivity contribution in [3.63, 3.8) is 0 Å². The topological polar surface area (TPSA) is 12.0 Å². The van der Waals surface area contributed by atoms with Gasteiger partial charge in [0.15, 0.2) is 0 Å². The lowest BCUT2D eigenvalue weighted by Gasteiger charge is -2.07. The second-order valence-corrected chi connectivity index (χ2v) is 5.32. The molecule has 1 N–H and O–H groups in total. The van der Waals surface area contributed by atoms with E-state index in [0.717, 1.165) is 14.8 Å². The number of halogens is 3. The molecule has 0 aliphatic heterocycles. The van der Waals surface area contributed by atoms with Gasteiger partial charge in [0.2, 0.25) is 0 Å². The number of hydrogen-bond donors (Lipinski definition) is 1. The first-order chi connectivity index (χ1) is 8.13. The highest BCUT2D eigenvalue weighted by atomic mass is 127. The molecule has 0 amide bonds. The molecule has 1 nitrogen and oxygen atoms in total. The van der Waals surface area contributed by atoms with Gasteiger partial charge in [-0.25, -0.2) is 4.39 Å². The number of nitrogens with one attached hydrogen (secondary N) is 1. The Morgan fingerprint density at radius 1 is 1.18 bits per heavy atom. The molecule has 0 atom stereocenters. The van der Waals surface area contributed by atoms with Gasteiger partial charge in [-0.3, -0.25) is 0 Å². The van der Waals surface area contributed by atoms with E-state index in [1.54, 1.807) is 6.07 Å². The van der Waals surface area contributed by atoms with Crippen LogP contribution < -0.4 is 5.32 Å². The third kappa shape index (κ3) is 3.85. The van der Waals surface area contributed by atoms with Gasteiger partial charge in [0.05, 0.1) is 0 Å². The Hall–Kier alpha value is -0.810. The zero-order valence-corrected chi connectivity index (χ0v) is 11.8. The van der Waals surface area contributed by atoms with E-state index >= 15 is 0 Å². The van der Waals surface area contributed by atoms with Crippen molar-refractivity contribution in [2.75, 3.05) is 5.32 Å². The van der Waals surface area contributed by atoms with E-state index < -0.39 is 0 Å². The Morgan fingerprint density at radius 3 is 2.71 bits per heavy atom. The molecule has 0 heterocycles. The zero-order chi connectivity index (χ0) is 12.3. The molecule has 0 radical (unpaired) electrons. The van der Waals surface area contributed by atoms with E-state index in [4.69, 9.17) is 11.6 Å². The summed E-state index contributed by atoms with van der Waals surface area (Å²) in [6, 6.07) is 12.5. The van der Waals surface area contributed by atoms with Gasteiger partial charge in [-0.15, -0.1) is 0 Å². The number of anilines is 1. The summed E-state index contributed by atoms with van der Waals surface area (Å²) >= 11 is 8.04. The first-order valence-corrected chi connectivity index (χ1v) is 6.53. The minimum atomic E-state index is -0.308. The minimum absolute atomic E-state index is 0.308. The van der Waals surface area contributed by atoms with Gasteiger partial charge in [-0.2, -0.15) is 0 Å². The summed E-state index contributed by atoms with van der Waals surface area (Å²) in [4.78, 5) is 0. The van der Waals surface area contributed by atoms with E-state index in [0.29, 0.717) is 11.6 Å². The number of hydrogen-bond acceptors (Lipinski definition) is 1. The summed E-state index contributed by atoms with van der Waals surface area (Å²) in [6.45, 7) is 0.553. The van der Waals surface area contributed by atoms with E-state index in [1.807, 2.05) is 24.3 Å². The molecule has 0 spiro atoms. The smallest absolute Gasteiger partial charge is 0.125 e. The zero-order valence-electron chi connectivity index (χ0n) is 8.88. The van der Waals surface area contributed by atoms with E-state index in [1.165, 1.54) is 12.1 Å². The van der Waals surface area contributed by atoms with Crippen LogP contribution in [0.25, 0.3) is 0 Å². The lowest BCUT2D eigenvalue weighted by Crippen LogP contribution is -1.99. The first-order valence-electron chi connectivity index (χ1n) is 5.08. The second-order valence-electron chi connectivity index (χ2n) is 3.64. The van der Waals surface area contributed by atoms with Crippen LogP contribution in [0.5, 0.6) is 0 Å². The minimum Gasteiger partial charge on any atom is -0.381 e. The Morgan fingerprint density at radius 2 is 2.00 bits per heavy atom. The monoisotopic (exact) mass is 361 g/mol.